The Morgan fingerprint density at radius 3 is 2.82 bits per heavy atom. The maximum Gasteiger partial charge on any atom is 0.194 e. The first-order valence-electron chi connectivity index (χ1n) is 7.86. The van der Waals surface area contributed by atoms with Crippen molar-refractivity contribution < 1.29 is 4.74 Å². The van der Waals surface area contributed by atoms with Gasteiger partial charge in [0.15, 0.2) is 5.96 Å². The number of hydrogen-bond acceptors (Lipinski definition) is 2. The first-order valence-corrected chi connectivity index (χ1v) is 7.86. The van der Waals surface area contributed by atoms with Gasteiger partial charge in [-0.25, -0.2) is 0 Å². The maximum atomic E-state index is 5.65. The zero-order valence-electron chi connectivity index (χ0n) is 13.8. The lowest BCUT2D eigenvalue weighted by Gasteiger charge is -2.23. The van der Waals surface area contributed by atoms with E-state index in [0.29, 0.717) is 6.10 Å². The highest BCUT2D eigenvalue weighted by Crippen LogP contribution is 2.13. The molecule has 1 atom stereocenters. The highest BCUT2D eigenvalue weighted by molar-refractivity contribution is 14.0. The minimum absolute atomic E-state index is 0. The largest absolute Gasteiger partial charge is 0.376 e. The molecule has 1 saturated heterocycles. The van der Waals surface area contributed by atoms with Crippen molar-refractivity contribution in [3.8, 4) is 0 Å². The van der Waals surface area contributed by atoms with Gasteiger partial charge < -0.3 is 15.0 Å². The maximum absolute atomic E-state index is 5.65. The molecule has 0 aliphatic carbocycles. The number of ether oxygens (including phenoxy) is 1. The molecule has 1 heterocycles. The Labute approximate surface area is 151 Å². The summed E-state index contributed by atoms with van der Waals surface area (Å²) in [6, 6.07) is 8.50. The van der Waals surface area contributed by atoms with E-state index in [-0.39, 0.29) is 24.0 Å². The van der Waals surface area contributed by atoms with Crippen molar-refractivity contribution in [1.29, 1.82) is 0 Å². The third-order valence-corrected chi connectivity index (χ3v) is 3.83. The Morgan fingerprint density at radius 2 is 2.18 bits per heavy atom. The van der Waals surface area contributed by atoms with Crippen molar-refractivity contribution in [1.82, 2.24) is 10.2 Å². The molecule has 124 valence electrons. The molecule has 1 N–H and O–H groups in total. The molecule has 4 nitrogen and oxygen atoms in total. The summed E-state index contributed by atoms with van der Waals surface area (Å²) in [5.41, 5.74) is 2.65. The fourth-order valence-corrected chi connectivity index (χ4v) is 2.56. The fraction of sp³-hybridized carbons (Fsp3) is 0.588. The minimum atomic E-state index is 0. The molecule has 0 spiro atoms. The highest BCUT2D eigenvalue weighted by atomic mass is 127. The number of rotatable bonds is 5. The Balaban J connectivity index is 0.00000242. The monoisotopic (exact) mass is 417 g/mol. The zero-order chi connectivity index (χ0) is 15.1. The van der Waals surface area contributed by atoms with E-state index in [9.17, 15) is 0 Å². The number of nitrogens with zero attached hydrogens (tertiary/aromatic N) is 2. The molecule has 0 saturated carbocycles. The molecule has 1 aliphatic heterocycles. The quantitative estimate of drug-likeness (QED) is 0.454. The molecular weight excluding hydrogens is 389 g/mol. The lowest BCUT2D eigenvalue weighted by Crippen LogP contribution is -2.39. The van der Waals surface area contributed by atoms with Crippen LogP contribution in [0.5, 0.6) is 0 Å². The summed E-state index contributed by atoms with van der Waals surface area (Å²) in [7, 11) is 2.09. The zero-order valence-corrected chi connectivity index (χ0v) is 16.2. The van der Waals surface area contributed by atoms with Crippen LogP contribution in [0, 0.1) is 6.92 Å². The fourth-order valence-electron chi connectivity index (χ4n) is 2.56. The van der Waals surface area contributed by atoms with Crippen molar-refractivity contribution in [3.63, 3.8) is 0 Å². The summed E-state index contributed by atoms with van der Waals surface area (Å²) in [6.45, 7) is 7.63. The normalized spacial score (nSPS) is 18.0. The van der Waals surface area contributed by atoms with Crippen LogP contribution in [-0.2, 0) is 11.3 Å². The molecule has 0 aromatic heterocycles. The summed E-state index contributed by atoms with van der Waals surface area (Å²) in [6.07, 6.45) is 2.59. The number of aliphatic imine (C=N–C) groups is 1. The molecule has 1 aromatic rings. The van der Waals surface area contributed by atoms with Crippen LogP contribution in [0.25, 0.3) is 0 Å². The molecule has 1 aliphatic rings. The van der Waals surface area contributed by atoms with E-state index in [1.54, 1.807) is 0 Å². The van der Waals surface area contributed by atoms with Gasteiger partial charge in [0.1, 0.15) is 0 Å². The summed E-state index contributed by atoms with van der Waals surface area (Å²) in [5, 5.41) is 3.37. The summed E-state index contributed by atoms with van der Waals surface area (Å²) >= 11 is 0. The van der Waals surface area contributed by atoms with Crippen LogP contribution in [0.15, 0.2) is 29.3 Å². The Morgan fingerprint density at radius 1 is 1.41 bits per heavy atom. The van der Waals surface area contributed by atoms with Crippen molar-refractivity contribution in [2.45, 2.75) is 39.3 Å². The first kappa shape index (κ1) is 19.2. The Kier molecular flexibility index (Phi) is 8.78. The standard InChI is InChI=1S/C17H27N3O.HI/c1-4-18-17(19-12-16-10-7-11-21-16)20(3)13-15-9-6-5-8-14(15)2;/h5-6,8-9,16H,4,7,10-13H2,1-3H3,(H,18,19);1H. The number of nitrogens with one attached hydrogen (secondary N) is 1. The third-order valence-electron chi connectivity index (χ3n) is 3.83. The van der Waals surface area contributed by atoms with E-state index in [1.807, 2.05) is 0 Å². The second kappa shape index (κ2) is 10.0. The summed E-state index contributed by atoms with van der Waals surface area (Å²) in [5.74, 6) is 0.955. The van der Waals surface area contributed by atoms with Gasteiger partial charge in [-0.05, 0) is 37.8 Å². The molecule has 1 aromatic carbocycles. The number of halogens is 1. The van der Waals surface area contributed by atoms with Gasteiger partial charge in [-0.15, -0.1) is 24.0 Å². The predicted molar refractivity (Wildman–Crippen MR) is 103 cm³/mol. The van der Waals surface area contributed by atoms with Crippen LogP contribution >= 0.6 is 24.0 Å². The van der Waals surface area contributed by atoms with Crippen LogP contribution in [0.1, 0.15) is 30.9 Å². The van der Waals surface area contributed by atoms with Crippen molar-refractivity contribution >= 4 is 29.9 Å². The summed E-state index contributed by atoms with van der Waals surface area (Å²) in [4.78, 5) is 6.91. The number of aryl methyl sites for hydroxylation is 1. The summed E-state index contributed by atoms with van der Waals surface area (Å²) < 4.78 is 5.65. The van der Waals surface area contributed by atoms with Gasteiger partial charge in [-0.2, -0.15) is 0 Å². The second-order valence-electron chi connectivity index (χ2n) is 5.61. The smallest absolute Gasteiger partial charge is 0.194 e. The van der Waals surface area contributed by atoms with Gasteiger partial charge in [0, 0.05) is 26.7 Å². The van der Waals surface area contributed by atoms with Crippen molar-refractivity contribution in [2.24, 2.45) is 4.99 Å². The van der Waals surface area contributed by atoms with Gasteiger partial charge >= 0.3 is 0 Å². The first-order chi connectivity index (χ1) is 10.2. The lowest BCUT2D eigenvalue weighted by molar-refractivity contribution is 0.117. The van der Waals surface area contributed by atoms with Gasteiger partial charge in [-0.3, -0.25) is 4.99 Å². The topological polar surface area (TPSA) is 36.9 Å². The molecule has 1 unspecified atom stereocenters. The van der Waals surface area contributed by atoms with E-state index in [2.05, 4.69) is 55.4 Å². The van der Waals surface area contributed by atoms with Crippen molar-refractivity contribution in [2.75, 3.05) is 26.7 Å². The molecular formula is C17H28IN3O. The van der Waals surface area contributed by atoms with E-state index >= 15 is 0 Å². The second-order valence-corrected chi connectivity index (χ2v) is 5.61. The molecule has 0 radical (unpaired) electrons. The van der Waals surface area contributed by atoms with Gasteiger partial charge in [0.05, 0.1) is 12.6 Å². The highest BCUT2D eigenvalue weighted by Gasteiger charge is 2.16. The minimum Gasteiger partial charge on any atom is -0.376 e. The molecule has 0 amide bonds. The van der Waals surface area contributed by atoms with Crippen LogP contribution in [0.3, 0.4) is 0 Å². The molecule has 1 fully saturated rings. The SMILES string of the molecule is CCNC(=NCC1CCCO1)N(C)Cc1ccccc1C.I. The average Bonchev–Trinajstić information content (AvgIpc) is 2.99. The number of benzene rings is 1. The van der Waals surface area contributed by atoms with Crippen LogP contribution in [0.4, 0.5) is 0 Å². The average molecular weight is 417 g/mol. The predicted octanol–water partition coefficient (Wildman–Crippen LogP) is 3.19. The van der Waals surface area contributed by atoms with E-state index < -0.39 is 0 Å². The van der Waals surface area contributed by atoms with Gasteiger partial charge in [-0.1, -0.05) is 24.3 Å². The molecule has 5 heteroatoms. The van der Waals surface area contributed by atoms with Gasteiger partial charge in [0.2, 0.25) is 0 Å². The molecule has 22 heavy (non-hydrogen) atoms. The molecule has 2 rings (SSSR count). The number of guanidine groups is 1. The van der Waals surface area contributed by atoms with Crippen LogP contribution < -0.4 is 5.32 Å². The van der Waals surface area contributed by atoms with E-state index in [1.165, 1.54) is 11.1 Å². The van der Waals surface area contributed by atoms with Crippen molar-refractivity contribution in [3.05, 3.63) is 35.4 Å². The van der Waals surface area contributed by atoms with E-state index in [4.69, 9.17) is 9.73 Å². The van der Waals surface area contributed by atoms with Crippen LogP contribution in [-0.4, -0.2) is 43.7 Å². The Bertz CT molecular complexity index is 473. The van der Waals surface area contributed by atoms with E-state index in [0.717, 1.165) is 45.0 Å². The Hall–Kier alpha value is -0.820. The van der Waals surface area contributed by atoms with Crippen LogP contribution in [0.2, 0.25) is 0 Å². The number of hydrogen-bond donors (Lipinski definition) is 1. The lowest BCUT2D eigenvalue weighted by atomic mass is 10.1. The van der Waals surface area contributed by atoms with Gasteiger partial charge in [0.25, 0.3) is 0 Å². The molecule has 0 bridgehead atoms. The third kappa shape index (κ3) is 5.76.